The molecule has 282 valence electrons. The van der Waals surface area contributed by atoms with Crippen LogP contribution in [0.2, 0.25) is 0 Å². The van der Waals surface area contributed by atoms with Crippen LogP contribution in [-0.4, -0.2) is 67.3 Å². The normalized spacial score (nSPS) is 20.8. The lowest BCUT2D eigenvalue weighted by atomic mass is 9.97. The van der Waals surface area contributed by atoms with E-state index in [1.807, 2.05) is 51.2 Å². The quantitative estimate of drug-likeness (QED) is 0.189. The van der Waals surface area contributed by atoms with Crippen LogP contribution >= 0.6 is 15.9 Å². The number of amides is 1. The first-order valence-electron chi connectivity index (χ1n) is 17.1. The molecule has 0 bridgehead atoms. The maximum Gasteiger partial charge on any atom is 0.416 e. The molecule has 3 unspecified atom stereocenters. The minimum absolute atomic E-state index is 0.00246. The van der Waals surface area contributed by atoms with Crippen LogP contribution in [0.15, 0.2) is 90.4 Å². The molecule has 8 rings (SSSR count). The van der Waals surface area contributed by atoms with E-state index in [2.05, 4.69) is 31.3 Å². The summed E-state index contributed by atoms with van der Waals surface area (Å²) >= 11 is 3.34. The fourth-order valence-electron chi connectivity index (χ4n) is 6.71. The lowest BCUT2D eigenvalue weighted by Crippen LogP contribution is -2.42. The molecule has 4 aromatic rings. The standard InChI is InChI=1S/C18H17F3N4O.C16H14BrF3N4O.C2H6/c19-18(20,21)14-3-5-15(6-4-14)24-11-13(10-23-9-1-2-17(23)26)12-25-16(24)7-8-22-25;17-14-7-13(25-22-14)10-8-23(15-5-6-21-24(15)9-10)12-3-1-11(2-4-12)16(18,19)20;1-2/h1-8,13H,9-12H2;1-6,10,13H,7-9H2;1-2H3. The fraction of sp³-hybridized carbons (Fsp3) is 0.389. The summed E-state index contributed by atoms with van der Waals surface area (Å²) in [4.78, 5) is 23.0. The number of benzene rings is 2. The van der Waals surface area contributed by atoms with Gasteiger partial charge in [-0.1, -0.05) is 25.1 Å². The molecule has 0 radical (unpaired) electrons. The third kappa shape index (κ3) is 8.55. The molecule has 0 saturated heterocycles. The Morgan fingerprint density at radius 3 is 1.75 bits per heavy atom. The topological polar surface area (TPSA) is 84.0 Å². The Morgan fingerprint density at radius 2 is 1.28 bits per heavy atom. The second kappa shape index (κ2) is 15.7. The summed E-state index contributed by atoms with van der Waals surface area (Å²) in [5.74, 6) is 1.94. The molecule has 2 aromatic carbocycles. The highest BCUT2D eigenvalue weighted by Crippen LogP contribution is 2.38. The number of aromatic nitrogens is 4. The van der Waals surface area contributed by atoms with Gasteiger partial charge in [-0.05, 0) is 64.5 Å². The van der Waals surface area contributed by atoms with Gasteiger partial charge in [0.05, 0.1) is 30.1 Å². The van der Waals surface area contributed by atoms with E-state index in [4.69, 9.17) is 4.84 Å². The second-order valence-electron chi connectivity index (χ2n) is 12.6. The van der Waals surface area contributed by atoms with Gasteiger partial charge in [0.25, 0.3) is 0 Å². The molecule has 0 spiro atoms. The van der Waals surface area contributed by atoms with Crippen molar-refractivity contribution in [2.45, 2.75) is 51.8 Å². The van der Waals surface area contributed by atoms with E-state index in [1.165, 1.54) is 24.3 Å². The molecule has 6 heterocycles. The van der Waals surface area contributed by atoms with Crippen LogP contribution in [0.3, 0.4) is 0 Å². The number of nitrogens with zero attached hydrogens (tertiary/aromatic N) is 8. The van der Waals surface area contributed by atoms with Crippen molar-refractivity contribution < 1.29 is 36.0 Å². The van der Waals surface area contributed by atoms with E-state index in [0.29, 0.717) is 57.1 Å². The number of anilines is 4. The Bertz CT molecular complexity index is 1920. The SMILES string of the molecule is CC.FC(F)(F)c1ccc(N2CC(C3CC(Br)=NO3)Cn3nccc32)cc1.O=C1C=CCN1CC1CN(c2ccc(C(F)(F)F)cc2)c2ccnn2C1. The Balaban J connectivity index is 0.000000173. The van der Waals surface area contributed by atoms with Crippen molar-refractivity contribution in [1.82, 2.24) is 24.5 Å². The third-order valence-corrected chi connectivity index (χ3v) is 9.68. The molecular weight excluding hydrogens is 770 g/mol. The molecule has 0 saturated carbocycles. The van der Waals surface area contributed by atoms with Gasteiger partial charge in [0, 0.05) is 80.6 Å². The number of rotatable bonds is 5. The molecular formula is C36H37BrF6N8O2. The van der Waals surface area contributed by atoms with Crippen LogP contribution < -0.4 is 9.80 Å². The summed E-state index contributed by atoms with van der Waals surface area (Å²) in [6.45, 7) is 7.77. The van der Waals surface area contributed by atoms with Crippen LogP contribution in [-0.2, 0) is 35.1 Å². The van der Waals surface area contributed by atoms with Gasteiger partial charge in [0.2, 0.25) is 5.91 Å². The number of hydrogen-bond acceptors (Lipinski definition) is 7. The Kier molecular flexibility index (Phi) is 11.2. The van der Waals surface area contributed by atoms with E-state index in [0.717, 1.165) is 40.5 Å². The predicted octanol–water partition coefficient (Wildman–Crippen LogP) is 8.26. The van der Waals surface area contributed by atoms with Gasteiger partial charge >= 0.3 is 12.4 Å². The van der Waals surface area contributed by atoms with Crippen LogP contribution in [0.4, 0.5) is 49.4 Å². The van der Waals surface area contributed by atoms with Gasteiger partial charge in [-0.25, -0.2) is 9.36 Å². The highest BCUT2D eigenvalue weighted by atomic mass is 79.9. The minimum Gasteiger partial charge on any atom is -0.391 e. The average molecular weight is 808 g/mol. The van der Waals surface area contributed by atoms with Crippen molar-refractivity contribution in [3.63, 3.8) is 0 Å². The molecule has 1 amide bonds. The number of alkyl halides is 6. The number of halogens is 7. The van der Waals surface area contributed by atoms with Gasteiger partial charge in [-0.3, -0.25) is 4.79 Å². The first-order valence-corrected chi connectivity index (χ1v) is 17.9. The monoisotopic (exact) mass is 806 g/mol. The maximum absolute atomic E-state index is 12.8. The minimum atomic E-state index is -4.35. The van der Waals surface area contributed by atoms with Gasteiger partial charge in [0.1, 0.15) is 22.4 Å². The van der Waals surface area contributed by atoms with Crippen LogP contribution in [0.5, 0.6) is 0 Å². The largest absolute Gasteiger partial charge is 0.416 e. The van der Waals surface area contributed by atoms with Crippen molar-refractivity contribution in [2.75, 3.05) is 36.0 Å². The number of fused-ring (bicyclic) bond motifs is 2. The van der Waals surface area contributed by atoms with Crippen molar-refractivity contribution >= 4 is 49.5 Å². The van der Waals surface area contributed by atoms with E-state index in [-0.39, 0.29) is 23.8 Å². The molecule has 10 nitrogen and oxygen atoms in total. The van der Waals surface area contributed by atoms with Crippen molar-refractivity contribution in [1.29, 1.82) is 0 Å². The molecule has 2 aromatic heterocycles. The second-order valence-corrected chi connectivity index (χ2v) is 13.6. The Morgan fingerprint density at radius 1 is 0.755 bits per heavy atom. The van der Waals surface area contributed by atoms with Crippen LogP contribution in [0.1, 0.15) is 31.4 Å². The molecule has 4 aliphatic heterocycles. The summed E-state index contributed by atoms with van der Waals surface area (Å²) in [5.41, 5.74) is 0.0413. The van der Waals surface area contributed by atoms with E-state index < -0.39 is 23.5 Å². The molecule has 53 heavy (non-hydrogen) atoms. The molecule has 0 aliphatic carbocycles. The molecule has 3 atom stereocenters. The first kappa shape index (κ1) is 37.9. The van der Waals surface area contributed by atoms with Crippen molar-refractivity contribution in [3.05, 3.63) is 96.3 Å². The van der Waals surface area contributed by atoms with E-state index in [1.54, 1.807) is 23.4 Å². The summed E-state index contributed by atoms with van der Waals surface area (Å²) < 4.78 is 81.2. The summed E-state index contributed by atoms with van der Waals surface area (Å²) in [6.07, 6.45) is -1.33. The van der Waals surface area contributed by atoms with Gasteiger partial charge in [0.15, 0.2) is 0 Å². The van der Waals surface area contributed by atoms with Gasteiger partial charge < -0.3 is 19.5 Å². The summed E-state index contributed by atoms with van der Waals surface area (Å²) in [6, 6.07) is 14.0. The maximum atomic E-state index is 12.8. The molecule has 0 fully saturated rings. The average Bonchev–Trinajstić information content (AvgIpc) is 3.97. The summed E-state index contributed by atoms with van der Waals surface area (Å²) in [5, 5.41) is 12.6. The highest BCUT2D eigenvalue weighted by Gasteiger charge is 2.37. The smallest absolute Gasteiger partial charge is 0.391 e. The zero-order valence-corrected chi connectivity index (χ0v) is 30.4. The number of hydrogen-bond donors (Lipinski definition) is 0. The van der Waals surface area contributed by atoms with E-state index in [9.17, 15) is 31.1 Å². The van der Waals surface area contributed by atoms with Gasteiger partial charge in [-0.15, -0.1) is 0 Å². The Labute approximate surface area is 310 Å². The first-order chi connectivity index (χ1) is 25.3. The number of carbonyl (C=O) groups is 1. The molecule has 17 heteroatoms. The van der Waals surface area contributed by atoms with Crippen LogP contribution in [0, 0.1) is 11.8 Å². The van der Waals surface area contributed by atoms with Crippen molar-refractivity contribution in [2.24, 2.45) is 17.0 Å². The molecule has 4 aliphatic rings. The van der Waals surface area contributed by atoms with Gasteiger partial charge in [-0.2, -0.15) is 36.5 Å². The lowest BCUT2D eigenvalue weighted by molar-refractivity contribution is -0.138. The van der Waals surface area contributed by atoms with Crippen LogP contribution in [0.25, 0.3) is 0 Å². The lowest BCUT2D eigenvalue weighted by Gasteiger charge is -2.36. The Hall–Kier alpha value is -4.80. The third-order valence-electron chi connectivity index (χ3n) is 9.21. The number of carbonyl (C=O) groups excluding carboxylic acids is 1. The summed E-state index contributed by atoms with van der Waals surface area (Å²) in [7, 11) is 0. The highest BCUT2D eigenvalue weighted by molar-refractivity contribution is 9.18. The predicted molar refractivity (Wildman–Crippen MR) is 191 cm³/mol. The zero-order valence-electron chi connectivity index (χ0n) is 28.8. The zero-order chi connectivity index (χ0) is 37.9. The fourth-order valence-corrected chi connectivity index (χ4v) is 7.11. The van der Waals surface area contributed by atoms with E-state index >= 15 is 0 Å². The molecule has 0 N–H and O–H groups in total. The number of oxime groups is 1. The van der Waals surface area contributed by atoms with Crippen molar-refractivity contribution in [3.8, 4) is 0 Å².